The van der Waals surface area contributed by atoms with Crippen molar-refractivity contribution >= 4 is 11.6 Å². The summed E-state index contributed by atoms with van der Waals surface area (Å²) in [5.74, 6) is 0.153. The molecule has 0 saturated heterocycles. The van der Waals surface area contributed by atoms with Crippen LogP contribution in [0.15, 0.2) is 27.8 Å². The number of rotatable bonds is 2. The van der Waals surface area contributed by atoms with E-state index in [1.807, 2.05) is 6.92 Å². The van der Waals surface area contributed by atoms with Gasteiger partial charge in [-0.3, -0.25) is 4.79 Å². The molecule has 1 aliphatic heterocycles. The van der Waals surface area contributed by atoms with Gasteiger partial charge in [0.2, 0.25) is 0 Å². The lowest BCUT2D eigenvalue weighted by Gasteiger charge is -1.93. The van der Waals surface area contributed by atoms with Crippen molar-refractivity contribution in [3.8, 4) is 17.3 Å². The number of H-pyrrole nitrogens is 1. The topological polar surface area (TPSA) is 78.6 Å². The Kier molecular flexibility index (Phi) is 1.95. The van der Waals surface area contributed by atoms with Crippen molar-refractivity contribution in [3.63, 3.8) is 0 Å². The van der Waals surface area contributed by atoms with Crippen molar-refractivity contribution in [1.82, 2.24) is 4.98 Å². The van der Waals surface area contributed by atoms with Crippen molar-refractivity contribution < 1.29 is 14.3 Å². The molecule has 17 heavy (non-hydrogen) atoms. The molecule has 0 saturated carbocycles. The van der Waals surface area contributed by atoms with Crippen LogP contribution >= 0.6 is 0 Å². The Labute approximate surface area is 96.8 Å². The van der Waals surface area contributed by atoms with Gasteiger partial charge in [0.25, 0.3) is 5.91 Å². The molecule has 2 aromatic rings. The van der Waals surface area contributed by atoms with E-state index in [9.17, 15) is 9.90 Å². The van der Waals surface area contributed by atoms with Gasteiger partial charge >= 0.3 is 0 Å². The minimum atomic E-state index is -0.334. The van der Waals surface area contributed by atoms with Crippen LogP contribution in [-0.2, 0) is 0 Å². The zero-order valence-corrected chi connectivity index (χ0v) is 9.15. The number of aromatic amines is 1. The number of hydrogen-bond acceptors (Lipinski definition) is 3. The van der Waals surface area contributed by atoms with Gasteiger partial charge in [-0.05, 0) is 18.6 Å². The summed E-state index contributed by atoms with van der Waals surface area (Å²) >= 11 is 0. The second kappa shape index (κ2) is 3.35. The molecule has 5 nitrogen and oxygen atoms in total. The van der Waals surface area contributed by atoms with Gasteiger partial charge in [0, 0.05) is 0 Å². The van der Waals surface area contributed by atoms with Gasteiger partial charge in [0.15, 0.2) is 11.6 Å². The average Bonchev–Trinajstić information content (AvgIpc) is 2.97. The van der Waals surface area contributed by atoms with E-state index in [4.69, 9.17) is 4.42 Å². The molecule has 0 unspecified atom stereocenters. The summed E-state index contributed by atoms with van der Waals surface area (Å²) < 4.78 is 5.23. The number of furan rings is 1. The lowest BCUT2D eigenvalue weighted by atomic mass is 10.1. The fourth-order valence-corrected chi connectivity index (χ4v) is 2.08. The highest BCUT2D eigenvalue weighted by Gasteiger charge is 2.32. The zero-order valence-electron chi connectivity index (χ0n) is 9.15. The second-order valence-corrected chi connectivity index (χ2v) is 3.79. The van der Waals surface area contributed by atoms with Gasteiger partial charge in [-0.2, -0.15) is 0 Å². The third kappa shape index (κ3) is 1.25. The molecular weight excluding hydrogens is 220 g/mol. The molecule has 0 bridgehead atoms. The monoisotopic (exact) mass is 230 g/mol. The Bertz CT molecular complexity index is 620. The second-order valence-electron chi connectivity index (χ2n) is 3.79. The number of carbonyl (C=O) groups excluding carboxylic acids is 1. The van der Waals surface area contributed by atoms with Gasteiger partial charge in [-0.1, -0.05) is 6.92 Å². The molecule has 1 amide bonds. The molecule has 0 fully saturated rings. The Morgan fingerprint density at radius 2 is 2.29 bits per heavy atom. The summed E-state index contributed by atoms with van der Waals surface area (Å²) in [6.45, 7) is 1.89. The molecular formula is C12H10N2O3. The van der Waals surface area contributed by atoms with Crippen molar-refractivity contribution in [2.75, 3.05) is 0 Å². The van der Waals surface area contributed by atoms with Gasteiger partial charge < -0.3 is 14.5 Å². The van der Waals surface area contributed by atoms with E-state index in [-0.39, 0.29) is 11.8 Å². The lowest BCUT2D eigenvalue weighted by Crippen LogP contribution is -1.93. The number of hydrogen-bond donors (Lipinski definition) is 2. The molecule has 5 heteroatoms. The summed E-state index contributed by atoms with van der Waals surface area (Å²) in [7, 11) is 0. The van der Waals surface area contributed by atoms with E-state index >= 15 is 0 Å². The fourth-order valence-electron chi connectivity index (χ4n) is 2.08. The minimum Gasteiger partial charge on any atom is -0.494 e. The lowest BCUT2D eigenvalue weighted by molar-refractivity contribution is 0.101. The largest absolute Gasteiger partial charge is 0.494 e. The average molecular weight is 230 g/mol. The van der Waals surface area contributed by atoms with Crippen LogP contribution in [0.4, 0.5) is 0 Å². The maximum atomic E-state index is 11.8. The molecule has 3 heterocycles. The van der Waals surface area contributed by atoms with Crippen LogP contribution in [-0.4, -0.2) is 21.7 Å². The van der Waals surface area contributed by atoms with Gasteiger partial charge in [-0.25, -0.2) is 4.99 Å². The highest BCUT2D eigenvalue weighted by atomic mass is 16.3. The molecule has 0 spiro atoms. The van der Waals surface area contributed by atoms with E-state index in [0.29, 0.717) is 34.7 Å². The smallest absolute Gasteiger partial charge is 0.280 e. The maximum Gasteiger partial charge on any atom is 0.280 e. The van der Waals surface area contributed by atoms with E-state index < -0.39 is 0 Å². The van der Waals surface area contributed by atoms with Crippen LogP contribution in [0.1, 0.15) is 29.3 Å². The van der Waals surface area contributed by atoms with Crippen LogP contribution < -0.4 is 0 Å². The standard InChI is InChI=1S/C12H10N2O3/c1-2-6-8-9(12(16)13-6)10(14-11(8)15)7-4-3-5-17-7/h3-5,14-15H,2H2,1H3. The molecule has 1 aliphatic rings. The first-order chi connectivity index (χ1) is 8.22. The summed E-state index contributed by atoms with van der Waals surface area (Å²) in [5, 5.41) is 9.84. The normalized spacial score (nSPS) is 13.9. The third-order valence-electron chi connectivity index (χ3n) is 2.82. The van der Waals surface area contributed by atoms with Crippen molar-refractivity contribution in [2.24, 2.45) is 4.99 Å². The number of carbonyl (C=O) groups is 1. The first-order valence-corrected chi connectivity index (χ1v) is 5.33. The molecule has 0 atom stereocenters. The van der Waals surface area contributed by atoms with Crippen molar-refractivity contribution in [3.05, 3.63) is 29.5 Å². The number of nitrogens with zero attached hydrogens (tertiary/aromatic N) is 1. The van der Waals surface area contributed by atoms with Gasteiger partial charge in [0.1, 0.15) is 0 Å². The summed E-state index contributed by atoms with van der Waals surface area (Å²) in [5.41, 5.74) is 1.99. The summed E-state index contributed by atoms with van der Waals surface area (Å²) in [4.78, 5) is 18.5. The SMILES string of the molecule is CCC1=NC(=O)c2c(-c3ccco3)[nH]c(O)c21. The molecule has 0 aromatic carbocycles. The van der Waals surface area contributed by atoms with E-state index in [1.54, 1.807) is 12.1 Å². The number of aromatic hydroxyl groups is 1. The molecule has 0 radical (unpaired) electrons. The van der Waals surface area contributed by atoms with Crippen LogP contribution in [0.3, 0.4) is 0 Å². The van der Waals surface area contributed by atoms with Crippen LogP contribution in [0.2, 0.25) is 0 Å². The highest BCUT2D eigenvalue weighted by Crippen LogP contribution is 2.36. The van der Waals surface area contributed by atoms with Gasteiger partial charge in [0.05, 0.1) is 28.8 Å². The van der Waals surface area contributed by atoms with E-state index in [0.717, 1.165) is 0 Å². The highest BCUT2D eigenvalue weighted by molar-refractivity contribution is 6.24. The number of aromatic nitrogens is 1. The van der Waals surface area contributed by atoms with Crippen LogP contribution in [0.5, 0.6) is 5.88 Å². The molecule has 2 aromatic heterocycles. The Hall–Kier alpha value is -2.30. The number of aliphatic imine (C=N–C) groups is 1. The van der Waals surface area contributed by atoms with Crippen LogP contribution in [0.25, 0.3) is 11.5 Å². The molecule has 3 rings (SSSR count). The van der Waals surface area contributed by atoms with Gasteiger partial charge in [-0.15, -0.1) is 0 Å². The molecule has 2 N–H and O–H groups in total. The van der Waals surface area contributed by atoms with E-state index in [2.05, 4.69) is 9.98 Å². The Balaban J connectivity index is 2.25. The van der Waals surface area contributed by atoms with Crippen molar-refractivity contribution in [1.29, 1.82) is 0 Å². The Morgan fingerprint density at radius 3 is 2.94 bits per heavy atom. The fraction of sp³-hybridized carbons (Fsp3) is 0.167. The van der Waals surface area contributed by atoms with E-state index in [1.165, 1.54) is 6.26 Å². The Morgan fingerprint density at radius 1 is 1.47 bits per heavy atom. The van der Waals surface area contributed by atoms with Crippen molar-refractivity contribution in [2.45, 2.75) is 13.3 Å². The third-order valence-corrected chi connectivity index (χ3v) is 2.82. The first-order valence-electron chi connectivity index (χ1n) is 5.33. The van der Waals surface area contributed by atoms with Crippen LogP contribution in [0, 0.1) is 0 Å². The number of amides is 1. The molecule has 86 valence electrons. The summed E-state index contributed by atoms with van der Waals surface area (Å²) in [6.07, 6.45) is 2.11. The minimum absolute atomic E-state index is 0.0298. The summed E-state index contributed by atoms with van der Waals surface area (Å²) in [6, 6.07) is 3.45. The number of nitrogens with one attached hydrogen (secondary N) is 1. The first kappa shape index (κ1) is 9.89. The predicted molar refractivity (Wildman–Crippen MR) is 61.3 cm³/mol. The predicted octanol–water partition coefficient (Wildman–Crippen LogP) is 2.33. The number of fused-ring (bicyclic) bond motifs is 1. The molecule has 0 aliphatic carbocycles. The maximum absolute atomic E-state index is 11.8. The quantitative estimate of drug-likeness (QED) is 0.831. The zero-order chi connectivity index (χ0) is 12.0.